The molecule has 0 aliphatic rings. The van der Waals surface area contributed by atoms with Crippen LogP contribution in [0.5, 0.6) is 0 Å². The first-order chi connectivity index (χ1) is 12.0. The van der Waals surface area contributed by atoms with Gasteiger partial charge in [-0.3, -0.25) is 9.59 Å². The van der Waals surface area contributed by atoms with Crippen molar-refractivity contribution in [3.05, 3.63) is 65.5 Å². The maximum atomic E-state index is 13.4. The normalized spacial score (nSPS) is 10.3. The van der Waals surface area contributed by atoms with Crippen molar-refractivity contribution in [3.63, 3.8) is 0 Å². The van der Waals surface area contributed by atoms with E-state index in [9.17, 15) is 14.0 Å². The Bertz CT molecular complexity index is 720. The summed E-state index contributed by atoms with van der Waals surface area (Å²) in [5.74, 6) is -0.177. The van der Waals surface area contributed by atoms with Crippen LogP contribution >= 0.6 is 11.8 Å². The van der Waals surface area contributed by atoms with Crippen molar-refractivity contribution in [2.45, 2.75) is 13.3 Å². The zero-order chi connectivity index (χ0) is 18.1. The molecule has 4 nitrogen and oxygen atoms in total. The molecule has 0 heterocycles. The molecule has 0 aliphatic heterocycles. The molecule has 0 aromatic heterocycles. The number of hydrogen-bond donors (Lipinski definition) is 2. The molecular weight excluding hydrogens is 339 g/mol. The number of anilines is 1. The lowest BCUT2D eigenvalue weighted by Gasteiger charge is -2.07. The molecule has 0 fully saturated rings. The van der Waals surface area contributed by atoms with E-state index in [-0.39, 0.29) is 29.1 Å². The Labute approximate surface area is 151 Å². The molecule has 0 radical (unpaired) electrons. The van der Waals surface area contributed by atoms with E-state index in [1.807, 2.05) is 31.2 Å². The van der Waals surface area contributed by atoms with Gasteiger partial charge in [-0.1, -0.05) is 35.9 Å². The Morgan fingerprint density at radius 2 is 1.68 bits per heavy atom. The number of rotatable bonds is 8. The van der Waals surface area contributed by atoms with Gasteiger partial charge in [-0.25, -0.2) is 4.39 Å². The highest BCUT2D eigenvalue weighted by Crippen LogP contribution is 2.10. The fraction of sp³-hybridized carbons (Fsp3) is 0.263. The third-order valence-corrected chi connectivity index (χ3v) is 4.41. The van der Waals surface area contributed by atoms with Gasteiger partial charge in [0.05, 0.1) is 11.5 Å². The third kappa shape index (κ3) is 6.97. The number of amides is 2. The van der Waals surface area contributed by atoms with Gasteiger partial charge >= 0.3 is 0 Å². The van der Waals surface area contributed by atoms with Crippen molar-refractivity contribution < 1.29 is 14.0 Å². The molecule has 0 bridgehead atoms. The van der Waals surface area contributed by atoms with E-state index in [1.54, 1.807) is 18.2 Å². The predicted molar refractivity (Wildman–Crippen MR) is 100 cm³/mol. The van der Waals surface area contributed by atoms with E-state index in [4.69, 9.17) is 0 Å². The van der Waals surface area contributed by atoms with E-state index in [1.165, 1.54) is 17.8 Å². The van der Waals surface area contributed by atoms with Crippen LogP contribution in [0.1, 0.15) is 11.1 Å². The van der Waals surface area contributed by atoms with Gasteiger partial charge in [0.15, 0.2) is 0 Å². The second-order valence-corrected chi connectivity index (χ2v) is 6.58. The molecule has 2 N–H and O–H groups in total. The average Bonchev–Trinajstić information content (AvgIpc) is 2.59. The molecule has 0 aliphatic carbocycles. The molecule has 0 saturated carbocycles. The van der Waals surface area contributed by atoms with Crippen molar-refractivity contribution in [1.82, 2.24) is 5.32 Å². The second kappa shape index (κ2) is 9.84. The number of halogens is 1. The van der Waals surface area contributed by atoms with E-state index in [0.717, 1.165) is 11.3 Å². The summed E-state index contributed by atoms with van der Waals surface area (Å²) in [5.41, 5.74) is 2.44. The summed E-state index contributed by atoms with van der Waals surface area (Å²) < 4.78 is 13.4. The zero-order valence-corrected chi connectivity index (χ0v) is 14.9. The zero-order valence-electron chi connectivity index (χ0n) is 14.0. The number of carbonyl (C=O) groups excluding carboxylic acids is 2. The second-order valence-electron chi connectivity index (χ2n) is 5.60. The highest BCUT2D eigenvalue weighted by atomic mass is 32.2. The lowest BCUT2D eigenvalue weighted by atomic mass is 10.1. The molecule has 25 heavy (non-hydrogen) atoms. The van der Waals surface area contributed by atoms with E-state index in [2.05, 4.69) is 10.6 Å². The van der Waals surface area contributed by atoms with Gasteiger partial charge < -0.3 is 10.6 Å². The van der Waals surface area contributed by atoms with Gasteiger partial charge in [-0.05, 0) is 37.1 Å². The molecule has 0 unspecified atom stereocenters. The molecule has 2 aromatic carbocycles. The Balaban J connectivity index is 1.61. The van der Waals surface area contributed by atoms with Gasteiger partial charge in [0.2, 0.25) is 11.8 Å². The predicted octanol–water partition coefficient (Wildman–Crippen LogP) is 3.16. The van der Waals surface area contributed by atoms with Gasteiger partial charge in [0.1, 0.15) is 5.82 Å². The summed E-state index contributed by atoms with van der Waals surface area (Å²) in [4.78, 5) is 23.5. The lowest BCUT2D eigenvalue weighted by molar-refractivity contribution is -0.118. The topological polar surface area (TPSA) is 58.2 Å². The summed E-state index contributed by atoms with van der Waals surface area (Å²) in [6, 6.07) is 14.0. The highest BCUT2D eigenvalue weighted by Gasteiger charge is 2.07. The Morgan fingerprint density at radius 1 is 1.00 bits per heavy atom. The van der Waals surface area contributed by atoms with Crippen molar-refractivity contribution in [2.24, 2.45) is 0 Å². The molecule has 132 valence electrons. The first-order valence-corrected chi connectivity index (χ1v) is 9.14. The molecule has 6 heteroatoms. The smallest absolute Gasteiger partial charge is 0.234 e. The van der Waals surface area contributed by atoms with Gasteiger partial charge in [0.25, 0.3) is 0 Å². The first-order valence-electron chi connectivity index (χ1n) is 7.99. The fourth-order valence-electron chi connectivity index (χ4n) is 2.16. The van der Waals surface area contributed by atoms with E-state index >= 15 is 0 Å². The first kappa shape index (κ1) is 19.0. The summed E-state index contributed by atoms with van der Waals surface area (Å²) in [5, 5.41) is 5.51. The molecule has 2 rings (SSSR count). The highest BCUT2D eigenvalue weighted by molar-refractivity contribution is 8.00. The van der Waals surface area contributed by atoms with Crippen molar-refractivity contribution in [2.75, 3.05) is 23.4 Å². The monoisotopic (exact) mass is 360 g/mol. The quantitative estimate of drug-likeness (QED) is 0.760. The Hall–Kier alpha value is -2.34. The molecule has 0 atom stereocenters. The maximum Gasteiger partial charge on any atom is 0.234 e. The van der Waals surface area contributed by atoms with Gasteiger partial charge in [-0.15, -0.1) is 11.8 Å². The number of thioether (sulfide) groups is 1. The Morgan fingerprint density at radius 3 is 2.40 bits per heavy atom. The number of hydrogen-bond acceptors (Lipinski definition) is 3. The average molecular weight is 360 g/mol. The van der Waals surface area contributed by atoms with Crippen LogP contribution < -0.4 is 10.6 Å². The minimum Gasteiger partial charge on any atom is -0.355 e. The van der Waals surface area contributed by atoms with Crippen LogP contribution in [-0.4, -0.2) is 29.9 Å². The van der Waals surface area contributed by atoms with E-state index < -0.39 is 0 Å². The van der Waals surface area contributed by atoms with Crippen LogP contribution in [0.15, 0.2) is 48.5 Å². The van der Waals surface area contributed by atoms with Gasteiger partial charge in [0, 0.05) is 12.2 Å². The van der Waals surface area contributed by atoms with Gasteiger partial charge in [-0.2, -0.15) is 0 Å². The summed E-state index contributed by atoms with van der Waals surface area (Å²) in [6.45, 7) is 2.35. The molecule has 0 saturated heterocycles. The van der Waals surface area contributed by atoms with Crippen LogP contribution in [0.25, 0.3) is 0 Å². The van der Waals surface area contributed by atoms with Crippen LogP contribution in [0.3, 0.4) is 0 Å². The van der Waals surface area contributed by atoms with Crippen molar-refractivity contribution >= 4 is 29.3 Å². The number of aryl methyl sites for hydroxylation is 1. The maximum absolute atomic E-state index is 13.4. The molecule has 2 amide bonds. The summed E-state index contributed by atoms with van der Waals surface area (Å²) >= 11 is 1.24. The van der Waals surface area contributed by atoms with Crippen molar-refractivity contribution in [1.29, 1.82) is 0 Å². The summed E-state index contributed by atoms with van der Waals surface area (Å²) in [6.07, 6.45) is 0.441. The van der Waals surface area contributed by atoms with Crippen LogP contribution in [0.4, 0.5) is 10.1 Å². The lowest BCUT2D eigenvalue weighted by Crippen LogP contribution is -2.28. The minimum atomic E-state index is -0.265. The largest absolute Gasteiger partial charge is 0.355 e. The van der Waals surface area contributed by atoms with Crippen molar-refractivity contribution in [3.8, 4) is 0 Å². The number of carbonyl (C=O) groups is 2. The fourth-order valence-corrected chi connectivity index (χ4v) is 2.81. The number of nitrogens with one attached hydrogen (secondary N) is 2. The SMILES string of the molecule is Cc1ccc(NC(=O)CSCC(=O)NCCc2ccccc2F)cc1. The van der Waals surface area contributed by atoms with Crippen LogP contribution in [-0.2, 0) is 16.0 Å². The molecule has 0 spiro atoms. The standard InChI is InChI=1S/C19H21FN2O2S/c1-14-6-8-16(9-7-14)22-19(24)13-25-12-18(23)21-11-10-15-4-2-3-5-17(15)20/h2-9H,10-13H2,1H3,(H,21,23)(H,22,24). The molecule has 2 aromatic rings. The molecular formula is C19H21FN2O2S. The number of benzene rings is 2. The summed E-state index contributed by atoms with van der Waals surface area (Å²) in [7, 11) is 0. The van der Waals surface area contributed by atoms with Crippen LogP contribution in [0, 0.1) is 12.7 Å². The van der Waals surface area contributed by atoms with E-state index in [0.29, 0.717) is 18.5 Å². The van der Waals surface area contributed by atoms with Crippen LogP contribution in [0.2, 0.25) is 0 Å². The minimum absolute atomic E-state index is 0.145. The third-order valence-electron chi connectivity index (χ3n) is 3.48. The Kier molecular flexibility index (Phi) is 7.47.